The van der Waals surface area contributed by atoms with E-state index in [-0.39, 0.29) is 11.9 Å². The zero-order valence-electron chi connectivity index (χ0n) is 11.0. The molecule has 1 atom stereocenters. The predicted octanol–water partition coefficient (Wildman–Crippen LogP) is 1.56. The minimum Gasteiger partial charge on any atom is -0.397 e. The van der Waals surface area contributed by atoms with Crippen molar-refractivity contribution in [3.63, 3.8) is 0 Å². The Labute approximate surface area is 113 Å². The quantitative estimate of drug-likeness (QED) is 0.806. The SMILES string of the molecule is CC(Nc1cc(C#N)ccc1N)C(=O)N1CCCC1. The van der Waals surface area contributed by atoms with E-state index < -0.39 is 0 Å². The maximum Gasteiger partial charge on any atom is 0.244 e. The van der Waals surface area contributed by atoms with E-state index in [1.165, 1.54) is 0 Å². The summed E-state index contributed by atoms with van der Waals surface area (Å²) < 4.78 is 0. The molecule has 1 aliphatic rings. The van der Waals surface area contributed by atoms with Crippen LogP contribution in [0.1, 0.15) is 25.3 Å². The van der Waals surface area contributed by atoms with E-state index in [4.69, 9.17) is 11.0 Å². The Bertz CT molecular complexity index is 515. The second-order valence-corrected chi connectivity index (χ2v) is 4.81. The third kappa shape index (κ3) is 2.97. The molecule has 19 heavy (non-hydrogen) atoms. The number of nitrogens with zero attached hydrogens (tertiary/aromatic N) is 2. The van der Waals surface area contributed by atoms with Crippen molar-refractivity contribution >= 4 is 17.3 Å². The van der Waals surface area contributed by atoms with Crippen LogP contribution in [0.25, 0.3) is 0 Å². The number of nitrogens with two attached hydrogens (primary N) is 1. The van der Waals surface area contributed by atoms with Crippen LogP contribution < -0.4 is 11.1 Å². The van der Waals surface area contributed by atoms with Crippen molar-refractivity contribution in [3.05, 3.63) is 23.8 Å². The van der Waals surface area contributed by atoms with E-state index in [1.54, 1.807) is 18.2 Å². The summed E-state index contributed by atoms with van der Waals surface area (Å²) in [5.41, 5.74) is 7.55. The first kappa shape index (κ1) is 13.2. The summed E-state index contributed by atoms with van der Waals surface area (Å²) in [6.45, 7) is 3.48. The fourth-order valence-electron chi connectivity index (χ4n) is 2.26. The smallest absolute Gasteiger partial charge is 0.244 e. The summed E-state index contributed by atoms with van der Waals surface area (Å²) in [7, 11) is 0. The highest BCUT2D eigenvalue weighted by atomic mass is 16.2. The second kappa shape index (κ2) is 5.61. The molecule has 0 aromatic heterocycles. The number of nitriles is 1. The second-order valence-electron chi connectivity index (χ2n) is 4.81. The number of carbonyl (C=O) groups excluding carboxylic acids is 1. The number of rotatable bonds is 3. The molecule has 3 N–H and O–H groups in total. The van der Waals surface area contributed by atoms with E-state index >= 15 is 0 Å². The normalized spacial score (nSPS) is 15.9. The lowest BCUT2D eigenvalue weighted by Gasteiger charge is -2.22. The number of anilines is 2. The van der Waals surface area contributed by atoms with Crippen molar-refractivity contribution in [2.45, 2.75) is 25.8 Å². The molecule has 2 rings (SSSR count). The van der Waals surface area contributed by atoms with E-state index in [1.807, 2.05) is 11.8 Å². The molecule has 100 valence electrons. The number of likely N-dealkylation sites (tertiary alicyclic amines) is 1. The zero-order chi connectivity index (χ0) is 13.8. The van der Waals surface area contributed by atoms with Crippen molar-refractivity contribution in [3.8, 4) is 6.07 Å². The third-order valence-corrected chi connectivity index (χ3v) is 3.34. The molecule has 0 bridgehead atoms. The van der Waals surface area contributed by atoms with Gasteiger partial charge in [-0.1, -0.05) is 0 Å². The van der Waals surface area contributed by atoms with Crippen LogP contribution in [0.15, 0.2) is 18.2 Å². The molecule has 5 heteroatoms. The van der Waals surface area contributed by atoms with Crippen molar-refractivity contribution in [2.24, 2.45) is 0 Å². The zero-order valence-corrected chi connectivity index (χ0v) is 11.0. The highest BCUT2D eigenvalue weighted by Gasteiger charge is 2.23. The number of carbonyl (C=O) groups is 1. The highest BCUT2D eigenvalue weighted by Crippen LogP contribution is 2.21. The molecule has 1 heterocycles. The largest absolute Gasteiger partial charge is 0.397 e. The van der Waals surface area contributed by atoms with Gasteiger partial charge < -0.3 is 16.0 Å². The monoisotopic (exact) mass is 258 g/mol. The number of amides is 1. The summed E-state index contributed by atoms with van der Waals surface area (Å²) in [5, 5.41) is 12.0. The standard InChI is InChI=1S/C14H18N4O/c1-10(14(19)18-6-2-3-7-18)17-13-8-11(9-15)4-5-12(13)16/h4-5,8,10,17H,2-3,6-7,16H2,1H3. The summed E-state index contributed by atoms with van der Waals surface area (Å²) in [6.07, 6.45) is 2.15. The van der Waals surface area contributed by atoms with Gasteiger partial charge in [0.05, 0.1) is 23.0 Å². The van der Waals surface area contributed by atoms with Gasteiger partial charge in [-0.3, -0.25) is 4.79 Å². The van der Waals surface area contributed by atoms with Crippen LogP contribution in [0.2, 0.25) is 0 Å². The van der Waals surface area contributed by atoms with Crippen LogP contribution in [0.5, 0.6) is 0 Å². The maximum absolute atomic E-state index is 12.2. The lowest BCUT2D eigenvalue weighted by atomic mass is 10.1. The first-order valence-electron chi connectivity index (χ1n) is 6.47. The Morgan fingerprint density at radius 3 is 2.79 bits per heavy atom. The molecule has 0 spiro atoms. The molecular weight excluding hydrogens is 240 g/mol. The summed E-state index contributed by atoms with van der Waals surface area (Å²) in [4.78, 5) is 14.0. The van der Waals surface area contributed by atoms with Crippen molar-refractivity contribution in [1.82, 2.24) is 4.90 Å². The van der Waals surface area contributed by atoms with Crippen molar-refractivity contribution in [2.75, 3.05) is 24.1 Å². The molecule has 1 aliphatic heterocycles. The van der Waals surface area contributed by atoms with E-state index in [9.17, 15) is 4.79 Å². The van der Waals surface area contributed by atoms with E-state index in [0.717, 1.165) is 25.9 Å². The number of hydrogen-bond donors (Lipinski definition) is 2. The lowest BCUT2D eigenvalue weighted by Crippen LogP contribution is -2.39. The predicted molar refractivity (Wildman–Crippen MR) is 74.5 cm³/mol. The summed E-state index contributed by atoms with van der Waals surface area (Å²) in [6, 6.07) is 6.73. The molecule has 1 amide bonds. The summed E-state index contributed by atoms with van der Waals surface area (Å²) in [5.74, 6) is 0.0826. The Morgan fingerprint density at radius 2 is 2.16 bits per heavy atom. The van der Waals surface area contributed by atoms with Gasteiger partial charge in [0.2, 0.25) is 5.91 Å². The molecule has 1 saturated heterocycles. The van der Waals surface area contributed by atoms with Gasteiger partial charge in [0.25, 0.3) is 0 Å². The van der Waals surface area contributed by atoms with Gasteiger partial charge in [-0.2, -0.15) is 5.26 Å². The molecule has 0 radical (unpaired) electrons. The van der Waals surface area contributed by atoms with Crippen molar-refractivity contribution in [1.29, 1.82) is 5.26 Å². The van der Waals surface area contributed by atoms with Crippen LogP contribution in [-0.4, -0.2) is 29.9 Å². The van der Waals surface area contributed by atoms with Crippen LogP contribution in [0, 0.1) is 11.3 Å². The van der Waals surface area contributed by atoms with Gasteiger partial charge in [0.15, 0.2) is 0 Å². The average Bonchev–Trinajstić information content (AvgIpc) is 2.94. The van der Waals surface area contributed by atoms with E-state index in [0.29, 0.717) is 16.9 Å². The number of nitrogens with one attached hydrogen (secondary N) is 1. The van der Waals surface area contributed by atoms with Crippen LogP contribution in [0.3, 0.4) is 0 Å². The topological polar surface area (TPSA) is 82.1 Å². The molecule has 5 nitrogen and oxygen atoms in total. The Balaban J connectivity index is 2.07. The molecule has 1 aromatic rings. The molecule has 1 aromatic carbocycles. The Hall–Kier alpha value is -2.22. The fraction of sp³-hybridized carbons (Fsp3) is 0.429. The highest BCUT2D eigenvalue weighted by molar-refractivity contribution is 5.86. The minimum absolute atomic E-state index is 0.0826. The number of hydrogen-bond acceptors (Lipinski definition) is 4. The maximum atomic E-state index is 12.2. The molecular formula is C14H18N4O. The Kier molecular flexibility index (Phi) is 3.91. The van der Waals surface area contributed by atoms with Gasteiger partial charge in [-0.25, -0.2) is 0 Å². The van der Waals surface area contributed by atoms with Gasteiger partial charge in [0, 0.05) is 13.1 Å². The van der Waals surface area contributed by atoms with E-state index in [2.05, 4.69) is 11.4 Å². The minimum atomic E-state index is -0.339. The van der Waals surface area contributed by atoms with Gasteiger partial charge in [-0.05, 0) is 38.0 Å². The molecule has 1 unspecified atom stereocenters. The van der Waals surface area contributed by atoms with Crippen molar-refractivity contribution < 1.29 is 4.79 Å². The van der Waals surface area contributed by atoms with Crippen LogP contribution in [-0.2, 0) is 4.79 Å². The number of benzene rings is 1. The van der Waals surface area contributed by atoms with Gasteiger partial charge in [-0.15, -0.1) is 0 Å². The first-order valence-corrected chi connectivity index (χ1v) is 6.47. The number of nitrogen functional groups attached to an aromatic ring is 1. The summed E-state index contributed by atoms with van der Waals surface area (Å²) >= 11 is 0. The van der Waals surface area contributed by atoms with Gasteiger partial charge in [0.1, 0.15) is 6.04 Å². The molecule has 1 fully saturated rings. The van der Waals surface area contributed by atoms with Gasteiger partial charge >= 0.3 is 0 Å². The van der Waals surface area contributed by atoms with Crippen LogP contribution in [0.4, 0.5) is 11.4 Å². The van der Waals surface area contributed by atoms with Crippen LogP contribution >= 0.6 is 0 Å². The average molecular weight is 258 g/mol. The Morgan fingerprint density at radius 1 is 1.47 bits per heavy atom. The third-order valence-electron chi connectivity index (χ3n) is 3.34. The lowest BCUT2D eigenvalue weighted by molar-refractivity contribution is -0.130. The fourth-order valence-corrected chi connectivity index (χ4v) is 2.26. The molecule has 0 aliphatic carbocycles. The molecule has 0 saturated carbocycles. The first-order chi connectivity index (χ1) is 9.11.